The molecule has 0 spiro atoms. The van der Waals surface area contributed by atoms with Crippen LogP contribution in [0.2, 0.25) is 0 Å². The Kier molecular flexibility index (Phi) is 3.31. The predicted molar refractivity (Wildman–Crippen MR) is 77.0 cm³/mol. The lowest BCUT2D eigenvalue weighted by Crippen LogP contribution is -2.12. The van der Waals surface area contributed by atoms with E-state index in [-0.39, 0.29) is 18.5 Å². The average molecular weight is 283 g/mol. The summed E-state index contributed by atoms with van der Waals surface area (Å²) >= 11 is 0. The summed E-state index contributed by atoms with van der Waals surface area (Å²) in [6.07, 6.45) is 0. The van der Waals surface area contributed by atoms with Crippen LogP contribution >= 0.6 is 0 Å². The van der Waals surface area contributed by atoms with E-state index in [0.717, 1.165) is 0 Å². The second-order valence-corrected chi connectivity index (χ2v) is 4.63. The number of rotatable bonds is 3. The van der Waals surface area contributed by atoms with Crippen molar-refractivity contribution in [2.45, 2.75) is 6.92 Å². The molecule has 0 saturated carbocycles. The Balaban J connectivity index is 1.81. The fourth-order valence-corrected chi connectivity index (χ4v) is 2.10. The lowest BCUT2D eigenvalue weighted by molar-refractivity contribution is 0.101. The van der Waals surface area contributed by atoms with Gasteiger partial charge in [0.25, 0.3) is 5.91 Å². The third-order valence-electron chi connectivity index (χ3n) is 3.19. The quantitative estimate of drug-likeness (QED) is 0.880. The number of carbonyl (C=O) groups is 2. The molecule has 0 fully saturated rings. The van der Waals surface area contributed by atoms with Crippen LogP contribution in [0.5, 0.6) is 11.5 Å². The number of carbonyl (C=O) groups excluding carboxylic acids is 2. The van der Waals surface area contributed by atoms with Crippen molar-refractivity contribution in [1.29, 1.82) is 0 Å². The number of hydrogen-bond acceptors (Lipinski definition) is 4. The summed E-state index contributed by atoms with van der Waals surface area (Å²) in [5.74, 6) is 0.720. The van der Waals surface area contributed by atoms with E-state index in [9.17, 15) is 9.59 Å². The van der Waals surface area contributed by atoms with Gasteiger partial charge in [0.2, 0.25) is 6.79 Å². The van der Waals surface area contributed by atoms with Crippen molar-refractivity contribution in [2.75, 3.05) is 12.1 Å². The number of ether oxygens (including phenoxy) is 2. The lowest BCUT2D eigenvalue weighted by atomic mass is 10.1. The van der Waals surface area contributed by atoms with Gasteiger partial charge in [-0.25, -0.2) is 0 Å². The van der Waals surface area contributed by atoms with Crippen LogP contribution in [-0.2, 0) is 0 Å². The Hall–Kier alpha value is -2.82. The smallest absolute Gasteiger partial charge is 0.259 e. The van der Waals surface area contributed by atoms with E-state index in [4.69, 9.17) is 9.47 Å². The summed E-state index contributed by atoms with van der Waals surface area (Å²) in [4.78, 5) is 23.5. The summed E-state index contributed by atoms with van der Waals surface area (Å²) in [6.45, 7) is 1.62. The molecule has 106 valence electrons. The monoisotopic (exact) mass is 283 g/mol. The first-order valence-corrected chi connectivity index (χ1v) is 6.46. The lowest BCUT2D eigenvalue weighted by Gasteiger charge is -2.08. The Labute approximate surface area is 121 Å². The van der Waals surface area contributed by atoms with Gasteiger partial charge in [0, 0.05) is 11.3 Å². The maximum atomic E-state index is 12.3. The van der Waals surface area contributed by atoms with Gasteiger partial charge in [-0.3, -0.25) is 9.59 Å². The highest BCUT2D eigenvalue weighted by molar-refractivity contribution is 6.07. The number of Topliss-reactive ketones (excluding diaryl/α,β-unsaturated/α-hetero) is 1. The summed E-state index contributed by atoms with van der Waals surface area (Å²) in [5, 5.41) is 2.77. The molecular weight excluding hydrogens is 270 g/mol. The molecule has 1 N–H and O–H groups in total. The minimum absolute atomic E-state index is 0.0145. The average Bonchev–Trinajstić information content (AvgIpc) is 2.96. The van der Waals surface area contributed by atoms with Crippen LogP contribution in [0.4, 0.5) is 5.69 Å². The van der Waals surface area contributed by atoms with E-state index in [0.29, 0.717) is 28.3 Å². The van der Waals surface area contributed by atoms with Crippen molar-refractivity contribution >= 4 is 17.4 Å². The number of hydrogen-bond donors (Lipinski definition) is 1. The molecular formula is C16H13NO4. The summed E-state index contributed by atoms with van der Waals surface area (Å²) in [7, 11) is 0. The second kappa shape index (κ2) is 5.28. The van der Waals surface area contributed by atoms with E-state index >= 15 is 0 Å². The van der Waals surface area contributed by atoms with Crippen molar-refractivity contribution < 1.29 is 19.1 Å². The van der Waals surface area contributed by atoms with Crippen molar-refractivity contribution in [3.05, 3.63) is 53.6 Å². The fraction of sp³-hybridized carbons (Fsp3) is 0.125. The molecule has 1 aliphatic rings. The number of amides is 1. The molecule has 0 unspecified atom stereocenters. The van der Waals surface area contributed by atoms with Gasteiger partial charge in [0.15, 0.2) is 17.3 Å². The number of benzene rings is 2. The first kappa shape index (κ1) is 13.2. The van der Waals surface area contributed by atoms with Crippen molar-refractivity contribution in [3.8, 4) is 11.5 Å². The zero-order valence-electron chi connectivity index (χ0n) is 11.4. The van der Waals surface area contributed by atoms with Crippen LogP contribution < -0.4 is 14.8 Å². The van der Waals surface area contributed by atoms with Gasteiger partial charge in [-0.15, -0.1) is 0 Å². The molecule has 1 amide bonds. The topological polar surface area (TPSA) is 64.6 Å². The molecule has 0 aromatic heterocycles. The maximum Gasteiger partial charge on any atom is 0.259 e. The third kappa shape index (κ3) is 2.58. The van der Waals surface area contributed by atoms with Gasteiger partial charge < -0.3 is 14.8 Å². The zero-order chi connectivity index (χ0) is 14.8. The number of anilines is 1. The fourth-order valence-electron chi connectivity index (χ4n) is 2.10. The Morgan fingerprint density at radius 3 is 2.52 bits per heavy atom. The van der Waals surface area contributed by atoms with Crippen LogP contribution in [0.3, 0.4) is 0 Å². The first-order valence-electron chi connectivity index (χ1n) is 6.46. The van der Waals surface area contributed by atoms with E-state index in [2.05, 4.69) is 5.32 Å². The molecule has 1 heterocycles. The molecule has 5 heteroatoms. The Morgan fingerprint density at radius 2 is 1.81 bits per heavy atom. The Bertz CT molecular complexity index is 707. The molecule has 0 radical (unpaired) electrons. The van der Waals surface area contributed by atoms with Gasteiger partial charge >= 0.3 is 0 Å². The molecule has 21 heavy (non-hydrogen) atoms. The number of ketones is 1. The minimum atomic E-state index is -0.284. The molecule has 2 aromatic rings. The molecule has 1 aliphatic heterocycles. The van der Waals surface area contributed by atoms with Crippen LogP contribution in [0.1, 0.15) is 27.6 Å². The van der Waals surface area contributed by atoms with E-state index in [1.165, 1.54) is 6.92 Å². The molecule has 0 bridgehead atoms. The van der Waals surface area contributed by atoms with Crippen LogP contribution in [-0.4, -0.2) is 18.5 Å². The normalized spacial score (nSPS) is 12.0. The number of para-hydroxylation sites is 1. The summed E-state index contributed by atoms with van der Waals surface area (Å²) < 4.78 is 10.6. The molecule has 5 nitrogen and oxygen atoms in total. The van der Waals surface area contributed by atoms with E-state index in [1.54, 1.807) is 42.5 Å². The van der Waals surface area contributed by atoms with Crippen molar-refractivity contribution in [3.63, 3.8) is 0 Å². The van der Waals surface area contributed by atoms with E-state index < -0.39 is 0 Å². The molecule has 0 aliphatic carbocycles. The molecule has 3 rings (SSSR count). The van der Waals surface area contributed by atoms with Gasteiger partial charge in [-0.2, -0.15) is 0 Å². The highest BCUT2D eigenvalue weighted by Gasteiger charge is 2.21. The van der Waals surface area contributed by atoms with Crippen molar-refractivity contribution in [1.82, 2.24) is 0 Å². The molecule has 0 atom stereocenters. The minimum Gasteiger partial charge on any atom is -0.454 e. The highest BCUT2D eigenvalue weighted by Crippen LogP contribution is 2.35. The van der Waals surface area contributed by atoms with E-state index in [1.807, 2.05) is 0 Å². The molecule has 2 aromatic carbocycles. The third-order valence-corrected chi connectivity index (χ3v) is 3.19. The number of fused-ring (bicyclic) bond motifs is 1. The van der Waals surface area contributed by atoms with Crippen molar-refractivity contribution in [2.24, 2.45) is 0 Å². The predicted octanol–water partition coefficient (Wildman–Crippen LogP) is 2.87. The van der Waals surface area contributed by atoms with Gasteiger partial charge in [-0.05, 0) is 43.3 Å². The van der Waals surface area contributed by atoms with Gasteiger partial charge in [0.1, 0.15) is 0 Å². The van der Waals surface area contributed by atoms with Crippen LogP contribution in [0.15, 0.2) is 42.5 Å². The summed E-state index contributed by atoms with van der Waals surface area (Å²) in [6, 6.07) is 11.9. The highest BCUT2D eigenvalue weighted by atomic mass is 16.7. The standard InChI is InChI=1S/C16H13NO4/c1-10(18)11-5-7-12(8-6-11)17-16(19)13-3-2-4-14-15(13)21-9-20-14/h2-8H,9H2,1H3,(H,17,19). The largest absolute Gasteiger partial charge is 0.454 e. The zero-order valence-corrected chi connectivity index (χ0v) is 11.4. The molecule has 0 saturated heterocycles. The van der Waals surface area contributed by atoms with Gasteiger partial charge in [-0.1, -0.05) is 6.07 Å². The maximum absolute atomic E-state index is 12.3. The number of nitrogens with one attached hydrogen (secondary N) is 1. The SMILES string of the molecule is CC(=O)c1ccc(NC(=O)c2cccc3c2OCO3)cc1. The first-order chi connectivity index (χ1) is 10.1. The van der Waals surface area contributed by atoms with Crippen LogP contribution in [0, 0.1) is 0 Å². The Morgan fingerprint density at radius 1 is 1.05 bits per heavy atom. The van der Waals surface area contributed by atoms with Crippen LogP contribution in [0.25, 0.3) is 0 Å². The second-order valence-electron chi connectivity index (χ2n) is 4.63. The van der Waals surface area contributed by atoms with Gasteiger partial charge in [0.05, 0.1) is 5.56 Å². The summed E-state index contributed by atoms with van der Waals surface area (Å²) in [5.41, 5.74) is 1.63.